The summed E-state index contributed by atoms with van der Waals surface area (Å²) in [5.41, 5.74) is 3.12. The van der Waals surface area contributed by atoms with Gasteiger partial charge < -0.3 is 14.5 Å². The largest absolute Gasteiger partial charge is 0.497 e. The molecular weight excluding hydrogens is 370 g/mol. The molecule has 0 aliphatic carbocycles. The number of nitrogens with zero attached hydrogens (tertiary/aromatic N) is 3. The molecule has 0 spiro atoms. The van der Waals surface area contributed by atoms with Crippen molar-refractivity contribution in [3.63, 3.8) is 0 Å². The molecule has 2 aromatic carbocycles. The molecule has 1 saturated heterocycles. The van der Waals surface area contributed by atoms with E-state index in [-0.39, 0.29) is 5.91 Å². The number of aromatic nitrogens is 1. The molecule has 0 unspecified atom stereocenters. The number of piperazine rings is 1. The number of hydrogen-bond donors (Lipinski definition) is 0. The van der Waals surface area contributed by atoms with E-state index in [4.69, 9.17) is 9.72 Å². The molecule has 1 amide bonds. The Kier molecular flexibility index (Phi) is 5.22. The van der Waals surface area contributed by atoms with Crippen LogP contribution in [0.5, 0.6) is 5.75 Å². The topological polar surface area (TPSA) is 45.7 Å². The van der Waals surface area contributed by atoms with E-state index >= 15 is 0 Å². The van der Waals surface area contributed by atoms with Gasteiger partial charge in [-0.05, 0) is 41.8 Å². The Labute approximate surface area is 169 Å². The predicted molar refractivity (Wildman–Crippen MR) is 115 cm³/mol. The van der Waals surface area contributed by atoms with Crippen LogP contribution in [-0.4, -0.2) is 49.1 Å². The van der Waals surface area contributed by atoms with Crippen LogP contribution < -0.4 is 9.64 Å². The average molecular weight is 396 g/mol. The first kappa shape index (κ1) is 18.7. The van der Waals surface area contributed by atoms with E-state index in [1.165, 1.54) is 10.3 Å². The van der Waals surface area contributed by atoms with Crippen LogP contribution in [0.4, 0.5) is 5.13 Å². The van der Waals surface area contributed by atoms with Crippen LogP contribution in [0.15, 0.2) is 42.5 Å². The smallest absolute Gasteiger partial charge is 0.253 e. The third-order valence-electron chi connectivity index (χ3n) is 5.24. The van der Waals surface area contributed by atoms with Crippen molar-refractivity contribution in [1.82, 2.24) is 9.88 Å². The van der Waals surface area contributed by atoms with Crippen LogP contribution in [0.25, 0.3) is 10.2 Å². The van der Waals surface area contributed by atoms with Gasteiger partial charge in [-0.3, -0.25) is 4.79 Å². The van der Waals surface area contributed by atoms with Crippen molar-refractivity contribution in [2.45, 2.75) is 19.8 Å². The summed E-state index contributed by atoms with van der Waals surface area (Å²) < 4.78 is 6.40. The zero-order chi connectivity index (χ0) is 19.7. The number of para-hydroxylation sites is 1. The van der Waals surface area contributed by atoms with Crippen molar-refractivity contribution < 1.29 is 9.53 Å². The summed E-state index contributed by atoms with van der Waals surface area (Å²) in [4.78, 5) is 21.9. The highest BCUT2D eigenvalue weighted by Crippen LogP contribution is 2.33. The lowest BCUT2D eigenvalue weighted by atomic mass is 10.0. The monoisotopic (exact) mass is 395 g/mol. The standard InChI is InChI=1S/C22H25N3O2S/c1-15(2)18-5-4-6-19-20(18)23-22(28-19)25-13-11-24(12-14-25)21(26)16-7-9-17(27-3)10-8-16/h4-10,15H,11-14H2,1-3H3. The number of amides is 1. The first-order valence-corrected chi connectivity index (χ1v) is 10.5. The summed E-state index contributed by atoms with van der Waals surface area (Å²) in [6.07, 6.45) is 0. The van der Waals surface area contributed by atoms with Gasteiger partial charge in [0.25, 0.3) is 5.91 Å². The number of methoxy groups -OCH3 is 1. The highest BCUT2D eigenvalue weighted by atomic mass is 32.1. The molecule has 1 aliphatic rings. The Morgan fingerprint density at radius 3 is 2.43 bits per heavy atom. The number of rotatable bonds is 4. The van der Waals surface area contributed by atoms with Crippen molar-refractivity contribution in [3.05, 3.63) is 53.6 Å². The highest BCUT2D eigenvalue weighted by molar-refractivity contribution is 7.22. The van der Waals surface area contributed by atoms with E-state index in [1.807, 2.05) is 29.2 Å². The van der Waals surface area contributed by atoms with Gasteiger partial charge in [0.05, 0.1) is 17.3 Å². The van der Waals surface area contributed by atoms with Gasteiger partial charge in [-0.1, -0.05) is 37.3 Å². The fourth-order valence-corrected chi connectivity index (χ4v) is 4.63. The number of ether oxygens (including phenoxy) is 1. The Morgan fingerprint density at radius 1 is 1.07 bits per heavy atom. The molecule has 5 nitrogen and oxygen atoms in total. The molecule has 4 rings (SSSR count). The molecule has 1 aromatic heterocycles. The van der Waals surface area contributed by atoms with E-state index in [9.17, 15) is 4.79 Å². The first-order chi connectivity index (χ1) is 13.6. The third kappa shape index (κ3) is 3.56. The molecule has 28 heavy (non-hydrogen) atoms. The van der Waals surface area contributed by atoms with E-state index in [0.717, 1.165) is 29.5 Å². The van der Waals surface area contributed by atoms with Crippen LogP contribution >= 0.6 is 11.3 Å². The zero-order valence-corrected chi connectivity index (χ0v) is 17.3. The maximum atomic E-state index is 12.8. The quantitative estimate of drug-likeness (QED) is 0.657. The van der Waals surface area contributed by atoms with Crippen molar-refractivity contribution in [1.29, 1.82) is 0 Å². The van der Waals surface area contributed by atoms with Gasteiger partial charge in [-0.15, -0.1) is 0 Å². The first-order valence-electron chi connectivity index (χ1n) is 9.64. The van der Waals surface area contributed by atoms with E-state index < -0.39 is 0 Å². The Bertz CT molecular complexity index is 973. The zero-order valence-electron chi connectivity index (χ0n) is 16.5. The summed E-state index contributed by atoms with van der Waals surface area (Å²) in [6, 6.07) is 13.7. The number of carbonyl (C=O) groups is 1. The summed E-state index contributed by atoms with van der Waals surface area (Å²) in [5, 5.41) is 1.06. The number of carbonyl (C=O) groups excluding carboxylic acids is 1. The SMILES string of the molecule is COc1ccc(C(=O)N2CCN(c3nc4c(C(C)C)cccc4s3)CC2)cc1. The molecule has 3 aromatic rings. The molecule has 146 valence electrons. The molecular formula is C22H25N3O2S. The van der Waals surface area contributed by atoms with Gasteiger partial charge in [-0.2, -0.15) is 0 Å². The average Bonchev–Trinajstić information content (AvgIpc) is 3.17. The molecule has 0 saturated carbocycles. The fraction of sp³-hybridized carbons (Fsp3) is 0.364. The lowest BCUT2D eigenvalue weighted by molar-refractivity contribution is 0.0746. The fourth-order valence-electron chi connectivity index (χ4n) is 3.58. The normalized spacial score (nSPS) is 14.7. The van der Waals surface area contributed by atoms with E-state index in [2.05, 4.69) is 36.9 Å². The minimum atomic E-state index is 0.0775. The second-order valence-corrected chi connectivity index (χ2v) is 8.36. The Morgan fingerprint density at radius 2 is 1.79 bits per heavy atom. The molecule has 0 bridgehead atoms. The molecule has 0 radical (unpaired) electrons. The number of anilines is 1. The number of benzene rings is 2. The number of hydrogen-bond acceptors (Lipinski definition) is 5. The van der Waals surface area contributed by atoms with Crippen molar-refractivity contribution in [2.75, 3.05) is 38.2 Å². The molecule has 1 aliphatic heterocycles. The van der Waals surface area contributed by atoms with Gasteiger partial charge in [0.15, 0.2) is 5.13 Å². The van der Waals surface area contributed by atoms with Crippen LogP contribution in [0.1, 0.15) is 35.7 Å². The van der Waals surface area contributed by atoms with Crippen LogP contribution in [0.3, 0.4) is 0 Å². The predicted octanol–water partition coefficient (Wildman–Crippen LogP) is 4.39. The van der Waals surface area contributed by atoms with Crippen molar-refractivity contribution in [3.8, 4) is 5.75 Å². The lowest BCUT2D eigenvalue weighted by Crippen LogP contribution is -2.48. The minimum Gasteiger partial charge on any atom is -0.497 e. The van der Waals surface area contributed by atoms with Gasteiger partial charge in [0.1, 0.15) is 5.75 Å². The van der Waals surface area contributed by atoms with E-state index in [0.29, 0.717) is 24.6 Å². The van der Waals surface area contributed by atoms with Crippen molar-refractivity contribution in [2.24, 2.45) is 0 Å². The van der Waals surface area contributed by atoms with Crippen LogP contribution in [0, 0.1) is 0 Å². The van der Waals surface area contributed by atoms with Gasteiger partial charge in [0.2, 0.25) is 0 Å². The Hall–Kier alpha value is -2.60. The molecule has 2 heterocycles. The van der Waals surface area contributed by atoms with Gasteiger partial charge in [0, 0.05) is 31.7 Å². The van der Waals surface area contributed by atoms with Crippen LogP contribution in [0.2, 0.25) is 0 Å². The lowest BCUT2D eigenvalue weighted by Gasteiger charge is -2.34. The minimum absolute atomic E-state index is 0.0775. The number of thiazole rings is 1. The van der Waals surface area contributed by atoms with Gasteiger partial charge >= 0.3 is 0 Å². The molecule has 6 heteroatoms. The maximum Gasteiger partial charge on any atom is 0.253 e. The maximum absolute atomic E-state index is 12.8. The number of fused-ring (bicyclic) bond motifs is 1. The van der Waals surface area contributed by atoms with Crippen molar-refractivity contribution >= 4 is 32.6 Å². The second-order valence-electron chi connectivity index (χ2n) is 7.35. The molecule has 0 N–H and O–H groups in total. The summed E-state index contributed by atoms with van der Waals surface area (Å²) in [6.45, 7) is 7.43. The second kappa shape index (κ2) is 7.80. The Balaban J connectivity index is 1.46. The molecule has 1 fully saturated rings. The summed E-state index contributed by atoms with van der Waals surface area (Å²) in [5.74, 6) is 1.30. The van der Waals surface area contributed by atoms with Crippen LogP contribution in [-0.2, 0) is 0 Å². The molecule has 0 atom stereocenters. The van der Waals surface area contributed by atoms with Gasteiger partial charge in [-0.25, -0.2) is 4.98 Å². The van der Waals surface area contributed by atoms with E-state index in [1.54, 1.807) is 18.4 Å². The third-order valence-corrected chi connectivity index (χ3v) is 6.32. The highest BCUT2D eigenvalue weighted by Gasteiger charge is 2.24. The summed E-state index contributed by atoms with van der Waals surface area (Å²) in [7, 11) is 1.63. The summed E-state index contributed by atoms with van der Waals surface area (Å²) >= 11 is 1.74.